The summed E-state index contributed by atoms with van der Waals surface area (Å²) in [7, 11) is 0. The number of non-ortho nitro benzene ring substituents is 1. The molecule has 0 unspecified atom stereocenters. The molecule has 1 fully saturated rings. The van der Waals surface area contributed by atoms with Gasteiger partial charge in [0.15, 0.2) is 0 Å². The Labute approximate surface area is 185 Å². The molecule has 3 aromatic rings. The van der Waals surface area contributed by atoms with Crippen LogP contribution >= 0.6 is 0 Å². The summed E-state index contributed by atoms with van der Waals surface area (Å²) < 4.78 is 5.27. The van der Waals surface area contributed by atoms with Crippen LogP contribution in [0.4, 0.5) is 11.4 Å². The summed E-state index contributed by atoms with van der Waals surface area (Å²) >= 11 is 0. The Morgan fingerprint density at radius 1 is 1.00 bits per heavy atom. The zero-order chi connectivity index (χ0) is 23.7. The van der Waals surface area contributed by atoms with Gasteiger partial charge in [0.05, 0.1) is 39.8 Å². The van der Waals surface area contributed by atoms with E-state index in [2.05, 4.69) is 0 Å². The van der Waals surface area contributed by atoms with Gasteiger partial charge in [-0.15, -0.1) is 0 Å². The summed E-state index contributed by atoms with van der Waals surface area (Å²) in [6.07, 6.45) is 1.37. The second-order valence-electron chi connectivity index (χ2n) is 7.13. The standard InChI is InChI=1S/C22H15N3O8/c26-20(13-5-3-6-14(11-13)24(29)30)18-19(16-8-1-2-9-17(16)25(31)32)23(22(28)21(18)27)12-15-7-4-10-33-15/h1-11,19,26H,12H2/b20-18+/t19-/m1/s1. The van der Waals surface area contributed by atoms with Gasteiger partial charge in [-0.3, -0.25) is 29.8 Å². The van der Waals surface area contributed by atoms with E-state index in [-0.39, 0.29) is 29.0 Å². The molecule has 1 aliphatic heterocycles. The van der Waals surface area contributed by atoms with Crippen molar-refractivity contribution in [2.24, 2.45) is 0 Å². The molecule has 0 aliphatic carbocycles. The van der Waals surface area contributed by atoms with Crippen molar-refractivity contribution in [1.82, 2.24) is 4.90 Å². The third kappa shape index (κ3) is 3.82. The zero-order valence-electron chi connectivity index (χ0n) is 16.8. The normalized spacial score (nSPS) is 17.3. The number of hydrogen-bond donors (Lipinski definition) is 1. The predicted octanol–water partition coefficient (Wildman–Crippen LogP) is 3.72. The molecule has 1 aromatic heterocycles. The Hall–Kier alpha value is -4.80. The molecule has 0 bridgehead atoms. The molecule has 166 valence electrons. The number of ketones is 1. The lowest BCUT2D eigenvalue weighted by molar-refractivity contribution is -0.385. The number of nitro groups is 2. The summed E-state index contributed by atoms with van der Waals surface area (Å²) in [5.74, 6) is -2.44. The molecule has 33 heavy (non-hydrogen) atoms. The molecule has 1 atom stereocenters. The largest absolute Gasteiger partial charge is 0.507 e. The average Bonchev–Trinajstić information content (AvgIpc) is 3.41. The molecule has 0 radical (unpaired) electrons. The number of carbonyl (C=O) groups is 2. The Morgan fingerprint density at radius 2 is 1.76 bits per heavy atom. The van der Waals surface area contributed by atoms with E-state index >= 15 is 0 Å². The maximum atomic E-state index is 13.0. The summed E-state index contributed by atoms with van der Waals surface area (Å²) in [6.45, 7) is -0.194. The summed E-state index contributed by atoms with van der Waals surface area (Å²) in [5, 5.41) is 33.8. The van der Waals surface area contributed by atoms with E-state index in [0.29, 0.717) is 5.76 Å². The Kier molecular flexibility index (Phi) is 5.44. The Bertz CT molecular complexity index is 1310. The van der Waals surface area contributed by atoms with E-state index in [0.717, 1.165) is 11.0 Å². The Morgan fingerprint density at radius 3 is 2.42 bits per heavy atom. The maximum Gasteiger partial charge on any atom is 0.296 e. The third-order valence-electron chi connectivity index (χ3n) is 5.20. The van der Waals surface area contributed by atoms with E-state index in [9.17, 15) is 34.9 Å². The fourth-order valence-corrected chi connectivity index (χ4v) is 3.74. The highest BCUT2D eigenvalue weighted by Crippen LogP contribution is 2.43. The fourth-order valence-electron chi connectivity index (χ4n) is 3.74. The van der Waals surface area contributed by atoms with E-state index in [4.69, 9.17) is 4.42 Å². The van der Waals surface area contributed by atoms with Crippen molar-refractivity contribution in [3.8, 4) is 0 Å². The molecule has 0 saturated carbocycles. The van der Waals surface area contributed by atoms with Gasteiger partial charge >= 0.3 is 0 Å². The molecule has 0 spiro atoms. The van der Waals surface area contributed by atoms with Crippen molar-refractivity contribution < 1.29 is 29.0 Å². The van der Waals surface area contributed by atoms with Crippen molar-refractivity contribution in [3.63, 3.8) is 0 Å². The number of nitro benzene ring substituents is 2. The van der Waals surface area contributed by atoms with Gasteiger partial charge in [0.1, 0.15) is 11.5 Å². The number of rotatable bonds is 6. The second-order valence-corrected chi connectivity index (χ2v) is 7.13. The fraction of sp³-hybridized carbons (Fsp3) is 0.0909. The van der Waals surface area contributed by atoms with Gasteiger partial charge in [0.2, 0.25) is 0 Å². The average molecular weight is 449 g/mol. The minimum absolute atomic E-state index is 0.000219. The van der Waals surface area contributed by atoms with E-state index in [1.807, 2.05) is 0 Å². The maximum absolute atomic E-state index is 13.0. The lowest BCUT2D eigenvalue weighted by atomic mass is 9.94. The monoisotopic (exact) mass is 449 g/mol. The molecular weight excluding hydrogens is 434 g/mol. The van der Waals surface area contributed by atoms with Crippen LogP contribution in [0.3, 0.4) is 0 Å². The van der Waals surface area contributed by atoms with Gasteiger partial charge in [-0.05, 0) is 18.2 Å². The van der Waals surface area contributed by atoms with Crippen LogP contribution in [0.15, 0.2) is 76.9 Å². The number of benzene rings is 2. The molecule has 2 heterocycles. The van der Waals surface area contributed by atoms with Crippen LogP contribution in [0.1, 0.15) is 22.9 Å². The van der Waals surface area contributed by atoms with Crippen LogP contribution in [-0.4, -0.2) is 31.5 Å². The third-order valence-corrected chi connectivity index (χ3v) is 5.20. The molecule has 11 heteroatoms. The molecule has 4 rings (SSSR count). The highest BCUT2D eigenvalue weighted by atomic mass is 16.6. The quantitative estimate of drug-likeness (QED) is 0.196. The van der Waals surface area contributed by atoms with Gasteiger partial charge in [-0.2, -0.15) is 0 Å². The van der Waals surface area contributed by atoms with E-state index < -0.39 is 38.9 Å². The first-order valence-corrected chi connectivity index (χ1v) is 9.58. The number of hydrogen-bond acceptors (Lipinski definition) is 8. The first-order chi connectivity index (χ1) is 15.8. The Balaban J connectivity index is 1.94. The molecule has 1 amide bonds. The van der Waals surface area contributed by atoms with Crippen molar-refractivity contribution in [3.05, 3.63) is 110 Å². The van der Waals surface area contributed by atoms with Gasteiger partial charge in [0.25, 0.3) is 23.1 Å². The lowest BCUT2D eigenvalue weighted by Crippen LogP contribution is -2.29. The number of aliphatic hydroxyl groups is 1. The summed E-state index contributed by atoms with van der Waals surface area (Å²) in [5.41, 5.74) is -1.20. The van der Waals surface area contributed by atoms with Crippen LogP contribution in [0.25, 0.3) is 5.76 Å². The molecule has 1 N–H and O–H groups in total. The predicted molar refractivity (Wildman–Crippen MR) is 113 cm³/mol. The minimum Gasteiger partial charge on any atom is -0.507 e. The minimum atomic E-state index is -1.32. The number of para-hydroxylation sites is 1. The first kappa shape index (κ1) is 21.4. The van der Waals surface area contributed by atoms with Crippen LogP contribution < -0.4 is 0 Å². The van der Waals surface area contributed by atoms with Crippen molar-refractivity contribution in [2.75, 3.05) is 0 Å². The SMILES string of the molecule is O=C1C(=O)N(Cc2ccco2)[C@H](c2ccccc2[N+](=O)[O-])/C1=C(\O)c1cccc([N+](=O)[O-])c1. The number of amides is 1. The van der Waals surface area contributed by atoms with Gasteiger partial charge in [-0.1, -0.05) is 24.3 Å². The molecule has 2 aromatic carbocycles. The lowest BCUT2D eigenvalue weighted by Gasteiger charge is -2.24. The van der Waals surface area contributed by atoms with Crippen molar-refractivity contribution >= 4 is 28.8 Å². The molecule has 11 nitrogen and oxygen atoms in total. The second kappa shape index (κ2) is 8.38. The van der Waals surface area contributed by atoms with Crippen LogP contribution in [0.5, 0.6) is 0 Å². The number of aliphatic hydroxyl groups excluding tert-OH is 1. The number of furan rings is 1. The number of likely N-dealkylation sites (tertiary alicyclic amines) is 1. The van der Waals surface area contributed by atoms with Crippen LogP contribution in [-0.2, 0) is 16.1 Å². The first-order valence-electron chi connectivity index (χ1n) is 9.58. The molecule has 1 aliphatic rings. The van der Waals surface area contributed by atoms with Crippen molar-refractivity contribution in [1.29, 1.82) is 0 Å². The number of carbonyl (C=O) groups excluding carboxylic acids is 2. The van der Waals surface area contributed by atoms with Crippen LogP contribution in [0, 0.1) is 20.2 Å². The van der Waals surface area contributed by atoms with Gasteiger partial charge in [-0.25, -0.2) is 0 Å². The summed E-state index contributed by atoms with van der Waals surface area (Å²) in [4.78, 5) is 48.5. The topological polar surface area (TPSA) is 157 Å². The molecular formula is C22H15N3O8. The van der Waals surface area contributed by atoms with Crippen LogP contribution in [0.2, 0.25) is 0 Å². The van der Waals surface area contributed by atoms with E-state index in [1.165, 1.54) is 48.7 Å². The van der Waals surface area contributed by atoms with Crippen molar-refractivity contribution in [2.45, 2.75) is 12.6 Å². The molecule has 1 saturated heterocycles. The summed E-state index contributed by atoms with van der Waals surface area (Å²) in [6, 6.07) is 12.2. The number of Topliss-reactive ketones (excluding diaryl/α,β-unsaturated/α-hetero) is 1. The zero-order valence-corrected chi connectivity index (χ0v) is 16.8. The highest BCUT2D eigenvalue weighted by Gasteiger charge is 2.48. The number of nitrogens with zero attached hydrogens (tertiary/aromatic N) is 3. The smallest absolute Gasteiger partial charge is 0.296 e. The van der Waals surface area contributed by atoms with E-state index in [1.54, 1.807) is 12.1 Å². The highest BCUT2D eigenvalue weighted by molar-refractivity contribution is 6.46. The van der Waals surface area contributed by atoms with Gasteiger partial charge < -0.3 is 14.4 Å². The van der Waals surface area contributed by atoms with Gasteiger partial charge in [0, 0.05) is 23.8 Å².